The molecule has 1 aromatic heterocycles. The molecular weight excluding hydrogens is 338 g/mol. The summed E-state index contributed by atoms with van der Waals surface area (Å²) in [6, 6.07) is 10.4. The Morgan fingerprint density at radius 1 is 1.26 bits per heavy atom. The molecule has 0 aliphatic heterocycles. The third-order valence-electron chi connectivity index (χ3n) is 5.52. The van der Waals surface area contributed by atoms with E-state index in [4.69, 9.17) is 4.74 Å². The first kappa shape index (κ1) is 19.4. The molecule has 0 radical (unpaired) electrons. The zero-order valence-electron chi connectivity index (χ0n) is 16.4. The van der Waals surface area contributed by atoms with Gasteiger partial charge in [0.2, 0.25) is 0 Å². The summed E-state index contributed by atoms with van der Waals surface area (Å²) in [5, 5.41) is 6.90. The van der Waals surface area contributed by atoms with Gasteiger partial charge in [-0.15, -0.1) is 0 Å². The summed E-state index contributed by atoms with van der Waals surface area (Å²) in [4.78, 5) is 8.87. The number of ether oxygens (including phenoxy) is 1. The van der Waals surface area contributed by atoms with Crippen LogP contribution >= 0.6 is 0 Å². The monoisotopic (exact) mass is 369 g/mol. The van der Waals surface area contributed by atoms with Crippen LogP contribution in [0, 0.1) is 5.41 Å². The fourth-order valence-electron chi connectivity index (χ4n) is 3.60. The average Bonchev–Trinajstić information content (AvgIpc) is 3.10. The van der Waals surface area contributed by atoms with E-state index in [9.17, 15) is 0 Å². The Kier molecular flexibility index (Phi) is 6.87. The molecule has 2 N–H and O–H groups in total. The maximum absolute atomic E-state index is 5.28. The van der Waals surface area contributed by atoms with E-state index >= 15 is 0 Å². The van der Waals surface area contributed by atoms with Crippen LogP contribution in [0.1, 0.15) is 37.1 Å². The Labute approximate surface area is 162 Å². The predicted octanol–water partition coefficient (Wildman–Crippen LogP) is 2.80. The van der Waals surface area contributed by atoms with Crippen molar-refractivity contribution >= 4 is 5.96 Å². The zero-order valence-corrected chi connectivity index (χ0v) is 16.4. The second-order valence-electron chi connectivity index (χ2n) is 7.33. The lowest BCUT2D eigenvalue weighted by Gasteiger charge is -2.42. The Bertz CT molecular complexity index is 721. The van der Waals surface area contributed by atoms with E-state index in [1.54, 1.807) is 7.11 Å². The first-order valence-electron chi connectivity index (χ1n) is 9.72. The molecule has 27 heavy (non-hydrogen) atoms. The van der Waals surface area contributed by atoms with E-state index in [2.05, 4.69) is 49.4 Å². The Balaban J connectivity index is 1.51. The van der Waals surface area contributed by atoms with Gasteiger partial charge in [-0.2, -0.15) is 0 Å². The lowest BCUT2D eigenvalue weighted by atomic mass is 9.67. The van der Waals surface area contributed by atoms with Crippen LogP contribution in [0.2, 0.25) is 0 Å². The SMILES string of the molecule is CN=C(NCc1nccn1Cc1ccccc1)NCC1(CCOC)CCC1. The van der Waals surface area contributed by atoms with Gasteiger partial charge >= 0.3 is 0 Å². The summed E-state index contributed by atoms with van der Waals surface area (Å²) in [5.74, 6) is 1.83. The van der Waals surface area contributed by atoms with E-state index in [0.29, 0.717) is 12.0 Å². The highest BCUT2D eigenvalue weighted by Gasteiger charge is 2.36. The molecular formula is C21H31N5O. The van der Waals surface area contributed by atoms with Crippen LogP contribution in [0.3, 0.4) is 0 Å². The van der Waals surface area contributed by atoms with Crippen molar-refractivity contribution in [2.75, 3.05) is 27.3 Å². The van der Waals surface area contributed by atoms with Crippen LogP contribution < -0.4 is 10.6 Å². The molecule has 1 fully saturated rings. The highest BCUT2D eigenvalue weighted by Crippen LogP contribution is 2.43. The van der Waals surface area contributed by atoms with E-state index in [0.717, 1.165) is 37.9 Å². The van der Waals surface area contributed by atoms with Gasteiger partial charge in [0.05, 0.1) is 6.54 Å². The minimum absolute atomic E-state index is 0.361. The maximum atomic E-state index is 5.28. The summed E-state index contributed by atoms with van der Waals surface area (Å²) in [7, 11) is 3.59. The van der Waals surface area contributed by atoms with Crippen molar-refractivity contribution in [2.45, 2.75) is 38.8 Å². The standard InChI is InChI=1S/C21H31N5O/c1-22-20(25-17-21(9-6-10-21)11-14-27-2)24-15-19-23-12-13-26(19)16-18-7-4-3-5-8-18/h3-5,7-8,12-13H,6,9-11,14-17H2,1-2H3,(H2,22,24,25). The van der Waals surface area contributed by atoms with Gasteiger partial charge < -0.3 is 19.9 Å². The van der Waals surface area contributed by atoms with Crippen LogP contribution in [0.4, 0.5) is 0 Å². The first-order valence-corrected chi connectivity index (χ1v) is 9.72. The molecule has 0 unspecified atom stereocenters. The lowest BCUT2D eigenvalue weighted by molar-refractivity contribution is 0.0732. The van der Waals surface area contributed by atoms with E-state index in [1.165, 1.54) is 24.8 Å². The summed E-state index contributed by atoms with van der Waals surface area (Å²) < 4.78 is 7.45. The quantitative estimate of drug-likeness (QED) is 0.527. The van der Waals surface area contributed by atoms with Gasteiger partial charge in [-0.25, -0.2) is 4.98 Å². The van der Waals surface area contributed by atoms with Gasteiger partial charge in [-0.3, -0.25) is 4.99 Å². The normalized spacial score (nSPS) is 16.0. The molecule has 0 spiro atoms. The predicted molar refractivity (Wildman–Crippen MR) is 109 cm³/mol. The van der Waals surface area contributed by atoms with Gasteiger partial charge in [0.15, 0.2) is 5.96 Å². The van der Waals surface area contributed by atoms with Crippen LogP contribution in [-0.2, 0) is 17.8 Å². The minimum Gasteiger partial charge on any atom is -0.385 e. The molecule has 3 rings (SSSR count). The van der Waals surface area contributed by atoms with Gasteiger partial charge in [-0.05, 0) is 30.2 Å². The maximum Gasteiger partial charge on any atom is 0.191 e. The van der Waals surface area contributed by atoms with Crippen LogP contribution in [0.15, 0.2) is 47.7 Å². The number of aromatic nitrogens is 2. The Hall–Kier alpha value is -2.34. The Morgan fingerprint density at radius 3 is 2.74 bits per heavy atom. The van der Waals surface area contributed by atoms with Crippen LogP contribution in [0.25, 0.3) is 0 Å². The first-order chi connectivity index (χ1) is 13.2. The van der Waals surface area contributed by atoms with Crippen molar-refractivity contribution < 1.29 is 4.74 Å². The van der Waals surface area contributed by atoms with Crippen molar-refractivity contribution in [3.8, 4) is 0 Å². The van der Waals surface area contributed by atoms with Gasteiger partial charge in [-0.1, -0.05) is 36.8 Å². The van der Waals surface area contributed by atoms with E-state index < -0.39 is 0 Å². The van der Waals surface area contributed by atoms with E-state index in [1.807, 2.05) is 25.5 Å². The largest absolute Gasteiger partial charge is 0.385 e. The molecule has 2 aromatic rings. The smallest absolute Gasteiger partial charge is 0.191 e. The average molecular weight is 370 g/mol. The molecule has 0 saturated heterocycles. The topological polar surface area (TPSA) is 63.5 Å². The molecule has 1 heterocycles. The highest BCUT2D eigenvalue weighted by molar-refractivity contribution is 5.79. The van der Waals surface area contributed by atoms with Crippen molar-refractivity contribution in [3.05, 3.63) is 54.1 Å². The van der Waals surface area contributed by atoms with Crippen molar-refractivity contribution in [1.29, 1.82) is 0 Å². The molecule has 0 bridgehead atoms. The third-order valence-corrected chi connectivity index (χ3v) is 5.52. The van der Waals surface area contributed by atoms with Gasteiger partial charge in [0, 0.05) is 46.2 Å². The fourth-order valence-corrected chi connectivity index (χ4v) is 3.60. The molecule has 6 nitrogen and oxygen atoms in total. The fraction of sp³-hybridized carbons (Fsp3) is 0.524. The molecule has 1 aliphatic rings. The second kappa shape index (κ2) is 9.55. The van der Waals surface area contributed by atoms with Crippen molar-refractivity contribution in [1.82, 2.24) is 20.2 Å². The molecule has 1 saturated carbocycles. The molecule has 0 amide bonds. The zero-order chi connectivity index (χ0) is 19.0. The van der Waals surface area contributed by atoms with Crippen molar-refractivity contribution in [2.24, 2.45) is 10.4 Å². The number of imidazole rings is 1. The summed E-state index contributed by atoms with van der Waals surface area (Å²) >= 11 is 0. The summed E-state index contributed by atoms with van der Waals surface area (Å²) in [6.07, 6.45) is 8.82. The second-order valence-corrected chi connectivity index (χ2v) is 7.33. The number of hydrogen-bond acceptors (Lipinski definition) is 3. The minimum atomic E-state index is 0.361. The van der Waals surface area contributed by atoms with Crippen LogP contribution in [0.5, 0.6) is 0 Å². The number of aliphatic imine (C=N–C) groups is 1. The highest BCUT2D eigenvalue weighted by atomic mass is 16.5. The van der Waals surface area contributed by atoms with Gasteiger partial charge in [0.1, 0.15) is 5.82 Å². The number of methoxy groups -OCH3 is 1. The van der Waals surface area contributed by atoms with Crippen molar-refractivity contribution in [3.63, 3.8) is 0 Å². The molecule has 1 aliphatic carbocycles. The number of hydrogen-bond donors (Lipinski definition) is 2. The van der Waals surface area contributed by atoms with Crippen LogP contribution in [-0.4, -0.2) is 42.8 Å². The number of nitrogens with one attached hydrogen (secondary N) is 2. The molecule has 0 atom stereocenters. The molecule has 1 aromatic carbocycles. The van der Waals surface area contributed by atoms with E-state index in [-0.39, 0.29) is 0 Å². The number of nitrogens with zero attached hydrogens (tertiary/aromatic N) is 3. The third kappa shape index (κ3) is 5.32. The summed E-state index contributed by atoms with van der Waals surface area (Å²) in [5.41, 5.74) is 1.63. The number of benzene rings is 1. The molecule has 146 valence electrons. The number of rotatable bonds is 9. The van der Waals surface area contributed by atoms with Gasteiger partial charge in [0.25, 0.3) is 0 Å². The Morgan fingerprint density at radius 2 is 2.07 bits per heavy atom. The summed E-state index contributed by atoms with van der Waals surface area (Å²) in [6.45, 7) is 3.23. The lowest BCUT2D eigenvalue weighted by Crippen LogP contribution is -2.46. The molecule has 6 heteroatoms. The number of guanidine groups is 1.